The van der Waals surface area contributed by atoms with Gasteiger partial charge in [0.05, 0.1) is 24.7 Å². The largest absolute Gasteiger partial charge is 0.462 e. The predicted octanol–water partition coefficient (Wildman–Crippen LogP) is 2.29. The zero-order valence-electron chi connectivity index (χ0n) is 17.9. The molecule has 0 fully saturated rings. The van der Waals surface area contributed by atoms with Crippen LogP contribution in [0.25, 0.3) is 10.9 Å². The quantitative estimate of drug-likeness (QED) is 0.591. The molecule has 0 aliphatic carbocycles. The van der Waals surface area contributed by atoms with Gasteiger partial charge >= 0.3 is 5.97 Å². The van der Waals surface area contributed by atoms with Crippen LogP contribution in [0.3, 0.4) is 0 Å². The maximum atomic E-state index is 12.7. The average Bonchev–Trinajstić information content (AvgIpc) is 2.74. The summed E-state index contributed by atoms with van der Waals surface area (Å²) in [7, 11) is 3.68. The number of carbonyl (C=O) groups excluding carboxylic acids is 2. The highest BCUT2D eigenvalue weighted by Crippen LogP contribution is 2.23. The van der Waals surface area contributed by atoms with Crippen LogP contribution in [-0.4, -0.2) is 37.6 Å². The molecule has 2 aromatic carbocycles. The number of pyridine rings is 1. The molecule has 0 aliphatic rings. The molecule has 3 aromatic rings. The molecule has 3 rings (SSSR count). The Morgan fingerprint density at radius 1 is 1.07 bits per heavy atom. The van der Waals surface area contributed by atoms with Gasteiger partial charge in [-0.05, 0) is 37.6 Å². The van der Waals surface area contributed by atoms with Gasteiger partial charge in [0.15, 0.2) is 0 Å². The highest BCUT2D eigenvalue weighted by Gasteiger charge is 2.22. The number of ether oxygens (including phenoxy) is 1. The van der Waals surface area contributed by atoms with Crippen LogP contribution in [0.2, 0.25) is 0 Å². The number of para-hydroxylation sites is 1. The molecular weight excluding hydrogens is 378 g/mol. The van der Waals surface area contributed by atoms with Crippen molar-refractivity contribution in [2.24, 2.45) is 0 Å². The van der Waals surface area contributed by atoms with Gasteiger partial charge in [-0.1, -0.05) is 30.3 Å². The first-order valence-electron chi connectivity index (χ1n) is 10.1. The van der Waals surface area contributed by atoms with Gasteiger partial charge in [0.2, 0.25) is 0 Å². The number of hydrogen-bond acceptors (Lipinski definition) is 4. The number of esters is 1. The lowest BCUT2D eigenvalue weighted by Crippen LogP contribution is -3.06. The van der Waals surface area contributed by atoms with Gasteiger partial charge in [-0.3, -0.25) is 4.79 Å². The number of fused-ring (bicyclic) bond motifs is 1. The number of nitrogens with zero attached hydrogens (tertiary/aromatic N) is 1. The predicted molar refractivity (Wildman–Crippen MR) is 117 cm³/mol. The molecule has 1 atom stereocenters. The Bertz CT molecular complexity index is 1060. The molecular formula is C24H28N3O3+. The Balaban J connectivity index is 1.87. The number of carbonyl (C=O) groups is 2. The van der Waals surface area contributed by atoms with Crippen LogP contribution in [-0.2, 0) is 17.8 Å². The van der Waals surface area contributed by atoms with Gasteiger partial charge in [-0.15, -0.1) is 0 Å². The van der Waals surface area contributed by atoms with Crippen molar-refractivity contribution in [3.8, 4) is 0 Å². The number of aryl methyl sites for hydroxylation is 1. The molecule has 0 saturated carbocycles. The van der Waals surface area contributed by atoms with Crippen LogP contribution in [0.1, 0.15) is 44.5 Å². The summed E-state index contributed by atoms with van der Waals surface area (Å²) in [5.74, 6) is -0.428. The average molecular weight is 407 g/mol. The van der Waals surface area contributed by atoms with Crippen molar-refractivity contribution in [2.45, 2.75) is 26.9 Å². The number of nitrogens with one attached hydrogen (secondary N) is 2. The summed E-state index contributed by atoms with van der Waals surface area (Å²) in [6.07, 6.45) is 0. The fourth-order valence-corrected chi connectivity index (χ4v) is 3.66. The van der Waals surface area contributed by atoms with Gasteiger partial charge < -0.3 is 15.0 Å². The maximum absolute atomic E-state index is 12.7. The molecule has 1 aromatic heterocycles. The summed E-state index contributed by atoms with van der Waals surface area (Å²) in [4.78, 5) is 30.4. The maximum Gasteiger partial charge on any atom is 0.340 e. The summed E-state index contributed by atoms with van der Waals surface area (Å²) >= 11 is 0. The minimum atomic E-state index is -0.328. The number of aromatic nitrogens is 1. The number of rotatable bonds is 7. The van der Waals surface area contributed by atoms with E-state index in [9.17, 15) is 9.59 Å². The van der Waals surface area contributed by atoms with Crippen molar-refractivity contribution in [3.05, 3.63) is 76.5 Å². The van der Waals surface area contributed by atoms with E-state index in [2.05, 4.69) is 12.4 Å². The van der Waals surface area contributed by atoms with Crippen molar-refractivity contribution < 1.29 is 19.2 Å². The summed E-state index contributed by atoms with van der Waals surface area (Å²) < 4.78 is 5.32. The summed E-state index contributed by atoms with van der Waals surface area (Å²) in [6, 6.07) is 15.4. The molecule has 30 heavy (non-hydrogen) atoms. The molecule has 6 heteroatoms. The third-order valence-corrected chi connectivity index (χ3v) is 5.12. The fraction of sp³-hybridized carbons (Fsp3) is 0.292. The molecule has 6 nitrogen and oxygen atoms in total. The zero-order valence-corrected chi connectivity index (χ0v) is 17.9. The highest BCUT2D eigenvalue weighted by atomic mass is 16.5. The third-order valence-electron chi connectivity index (χ3n) is 5.12. The van der Waals surface area contributed by atoms with Crippen molar-refractivity contribution >= 4 is 22.8 Å². The normalized spacial score (nSPS) is 11.9. The minimum absolute atomic E-state index is 0.0998. The second-order valence-corrected chi connectivity index (χ2v) is 7.38. The molecule has 0 spiro atoms. The number of quaternary nitrogens is 1. The van der Waals surface area contributed by atoms with Crippen LogP contribution in [0, 0.1) is 6.92 Å². The molecule has 0 saturated heterocycles. The van der Waals surface area contributed by atoms with Gasteiger partial charge in [-0.2, -0.15) is 0 Å². The van der Waals surface area contributed by atoms with Crippen molar-refractivity contribution in [1.29, 1.82) is 0 Å². The first-order valence-corrected chi connectivity index (χ1v) is 10.1. The van der Waals surface area contributed by atoms with E-state index < -0.39 is 0 Å². The zero-order chi connectivity index (χ0) is 21.7. The van der Waals surface area contributed by atoms with E-state index in [1.54, 1.807) is 14.0 Å². The monoisotopic (exact) mass is 406 g/mol. The van der Waals surface area contributed by atoms with Gasteiger partial charge in [-0.25, -0.2) is 9.78 Å². The van der Waals surface area contributed by atoms with E-state index >= 15 is 0 Å². The van der Waals surface area contributed by atoms with Crippen LogP contribution >= 0.6 is 0 Å². The van der Waals surface area contributed by atoms with Crippen molar-refractivity contribution in [3.63, 3.8) is 0 Å². The fourth-order valence-electron chi connectivity index (χ4n) is 3.66. The SMILES string of the molecule is CCOC(=O)c1c(C[NH+](C)Cc2ccc(C(=O)NC)cc2)nc2ccccc2c1C. The van der Waals surface area contributed by atoms with Gasteiger partial charge in [0, 0.05) is 23.6 Å². The van der Waals surface area contributed by atoms with E-state index in [4.69, 9.17) is 9.72 Å². The highest BCUT2D eigenvalue weighted by molar-refractivity contribution is 5.98. The van der Waals surface area contributed by atoms with E-state index in [1.165, 1.54) is 4.90 Å². The van der Waals surface area contributed by atoms with Gasteiger partial charge in [0.25, 0.3) is 5.91 Å². The number of amides is 1. The molecule has 2 N–H and O–H groups in total. The number of benzene rings is 2. The summed E-state index contributed by atoms with van der Waals surface area (Å²) in [5, 5.41) is 3.59. The Morgan fingerprint density at radius 3 is 2.43 bits per heavy atom. The van der Waals surface area contributed by atoms with E-state index in [0.717, 1.165) is 34.3 Å². The second-order valence-electron chi connectivity index (χ2n) is 7.38. The Kier molecular flexibility index (Phi) is 6.79. The molecule has 0 bridgehead atoms. The van der Waals surface area contributed by atoms with E-state index in [-0.39, 0.29) is 11.9 Å². The molecule has 0 aliphatic heterocycles. The first kappa shape index (κ1) is 21.5. The first-order chi connectivity index (χ1) is 14.4. The second kappa shape index (κ2) is 9.50. The minimum Gasteiger partial charge on any atom is -0.462 e. The van der Waals surface area contributed by atoms with Crippen molar-refractivity contribution in [2.75, 3.05) is 20.7 Å². The molecule has 1 unspecified atom stereocenters. The molecule has 156 valence electrons. The lowest BCUT2D eigenvalue weighted by atomic mass is 10.0. The van der Waals surface area contributed by atoms with Crippen LogP contribution in [0.15, 0.2) is 48.5 Å². The number of hydrogen-bond donors (Lipinski definition) is 2. The topological polar surface area (TPSA) is 72.7 Å². The lowest BCUT2D eigenvalue weighted by molar-refractivity contribution is -0.908. The third kappa shape index (κ3) is 4.66. The van der Waals surface area contributed by atoms with Gasteiger partial charge in [0.1, 0.15) is 18.8 Å². The lowest BCUT2D eigenvalue weighted by Gasteiger charge is -2.18. The van der Waals surface area contributed by atoms with Crippen molar-refractivity contribution in [1.82, 2.24) is 10.3 Å². The Hall–Kier alpha value is -3.25. The molecule has 0 radical (unpaired) electrons. The van der Waals surface area contributed by atoms with E-state index in [0.29, 0.717) is 24.3 Å². The Labute approximate surface area is 176 Å². The smallest absolute Gasteiger partial charge is 0.340 e. The molecule has 1 heterocycles. The summed E-state index contributed by atoms with van der Waals surface area (Å²) in [5.41, 5.74) is 4.82. The Morgan fingerprint density at radius 2 is 1.77 bits per heavy atom. The van der Waals surface area contributed by atoms with Crippen LogP contribution < -0.4 is 10.2 Å². The van der Waals surface area contributed by atoms with E-state index in [1.807, 2.05) is 55.5 Å². The molecule has 1 amide bonds. The van der Waals surface area contributed by atoms with Crippen LogP contribution in [0.4, 0.5) is 0 Å². The summed E-state index contributed by atoms with van der Waals surface area (Å²) in [6.45, 7) is 5.40. The van der Waals surface area contributed by atoms with Crippen LogP contribution in [0.5, 0.6) is 0 Å². The standard InChI is InChI=1S/C24H27N3O3/c1-5-30-24(29)22-16(2)19-8-6-7-9-20(19)26-21(22)15-27(4)14-17-10-12-18(13-11-17)23(28)25-3/h6-13H,5,14-15H2,1-4H3,(H,25,28)/p+1.